The quantitative estimate of drug-likeness (QED) is 0.747. The van der Waals surface area contributed by atoms with Crippen LogP contribution in [0, 0.1) is 11.8 Å². The Balaban J connectivity index is 1.55. The predicted molar refractivity (Wildman–Crippen MR) is 110 cm³/mol. The summed E-state index contributed by atoms with van der Waals surface area (Å²) in [6.45, 7) is 9.34. The summed E-state index contributed by atoms with van der Waals surface area (Å²) < 4.78 is 8.49. The van der Waals surface area contributed by atoms with Gasteiger partial charge in [-0.3, -0.25) is 4.90 Å². The summed E-state index contributed by atoms with van der Waals surface area (Å²) in [5.41, 5.74) is 2.74. The third kappa shape index (κ3) is 4.85. The van der Waals surface area contributed by atoms with Crippen molar-refractivity contribution in [3.63, 3.8) is 0 Å². The normalized spacial score (nSPS) is 19.3. The first-order chi connectivity index (χ1) is 13.1. The van der Waals surface area contributed by atoms with Gasteiger partial charge in [0.1, 0.15) is 5.75 Å². The summed E-state index contributed by atoms with van der Waals surface area (Å²) in [7, 11) is 0. The molecule has 4 nitrogen and oxygen atoms in total. The Kier molecular flexibility index (Phi) is 5.74. The predicted octanol–water partition coefficient (Wildman–Crippen LogP) is 4.43. The maximum absolute atomic E-state index is 9.79. The zero-order chi connectivity index (χ0) is 18.8. The van der Waals surface area contributed by atoms with Crippen LogP contribution in [-0.4, -0.2) is 40.4 Å². The molecule has 1 aromatic carbocycles. The van der Waals surface area contributed by atoms with E-state index in [1.807, 2.05) is 0 Å². The Morgan fingerprint density at radius 3 is 2.63 bits per heavy atom. The first kappa shape index (κ1) is 18.8. The van der Waals surface area contributed by atoms with E-state index >= 15 is 0 Å². The lowest BCUT2D eigenvalue weighted by atomic mass is 10.1. The molecule has 0 bridgehead atoms. The van der Waals surface area contributed by atoms with E-state index in [1.54, 1.807) is 0 Å². The molecule has 1 N–H and O–H groups in total. The van der Waals surface area contributed by atoms with Crippen molar-refractivity contribution in [2.45, 2.75) is 65.1 Å². The van der Waals surface area contributed by atoms with Crippen LogP contribution in [0.15, 0.2) is 24.4 Å². The van der Waals surface area contributed by atoms with Crippen molar-refractivity contribution in [3.8, 4) is 5.75 Å². The lowest BCUT2D eigenvalue weighted by Crippen LogP contribution is -2.35. The van der Waals surface area contributed by atoms with E-state index in [0.717, 1.165) is 63.7 Å². The van der Waals surface area contributed by atoms with Crippen molar-refractivity contribution in [2.24, 2.45) is 11.8 Å². The Hall–Kier alpha value is -1.52. The minimum atomic E-state index is -0.113. The smallest absolute Gasteiger partial charge is 0.120 e. The summed E-state index contributed by atoms with van der Waals surface area (Å²) in [6, 6.07) is 6.62. The maximum atomic E-state index is 9.79. The number of aliphatic hydroxyl groups is 1. The molecule has 0 unspecified atom stereocenters. The minimum absolute atomic E-state index is 0.113. The van der Waals surface area contributed by atoms with Crippen LogP contribution in [-0.2, 0) is 13.1 Å². The summed E-state index contributed by atoms with van der Waals surface area (Å²) in [4.78, 5) is 2.48. The molecule has 2 heterocycles. The Morgan fingerprint density at radius 1 is 1.15 bits per heavy atom. The second-order valence-corrected chi connectivity index (χ2v) is 8.97. The van der Waals surface area contributed by atoms with Gasteiger partial charge in [-0.2, -0.15) is 0 Å². The van der Waals surface area contributed by atoms with Gasteiger partial charge in [-0.05, 0) is 67.7 Å². The van der Waals surface area contributed by atoms with Gasteiger partial charge in [0.25, 0.3) is 0 Å². The van der Waals surface area contributed by atoms with E-state index in [9.17, 15) is 5.11 Å². The van der Waals surface area contributed by atoms with Crippen LogP contribution in [0.2, 0.25) is 0 Å². The van der Waals surface area contributed by atoms with Gasteiger partial charge >= 0.3 is 0 Å². The average Bonchev–Trinajstić information content (AvgIpc) is 3.40. The summed E-state index contributed by atoms with van der Waals surface area (Å²) in [6.07, 6.45) is 7.87. The molecule has 0 amide bonds. The first-order valence-corrected chi connectivity index (χ1v) is 10.7. The van der Waals surface area contributed by atoms with Crippen LogP contribution in [0.5, 0.6) is 5.75 Å². The van der Waals surface area contributed by atoms with Gasteiger partial charge < -0.3 is 14.4 Å². The standard InChI is InChI=1S/C23H34N2O2/c1-17(2)9-12-27-21-5-6-23-22(13-21)19(16-25(23)14-18-3-4-18)15-24-10-7-20(26)8-11-24/h5-6,13,16-18,20,26H,3-4,7-12,14-15H2,1-2H3. The number of aliphatic hydroxyl groups excluding tert-OH is 1. The molecule has 0 radical (unpaired) electrons. The molecule has 1 aromatic heterocycles. The van der Waals surface area contributed by atoms with Crippen molar-refractivity contribution in [1.82, 2.24) is 9.47 Å². The number of benzene rings is 1. The van der Waals surface area contributed by atoms with Crippen molar-refractivity contribution >= 4 is 10.9 Å². The molecule has 0 spiro atoms. The SMILES string of the molecule is CC(C)CCOc1ccc2c(c1)c(CN1CCC(O)CC1)cn2CC1CC1. The lowest BCUT2D eigenvalue weighted by molar-refractivity contribution is 0.0794. The number of fused-ring (bicyclic) bond motifs is 1. The summed E-state index contributed by atoms with van der Waals surface area (Å²) >= 11 is 0. The molecule has 1 aliphatic heterocycles. The van der Waals surface area contributed by atoms with E-state index in [-0.39, 0.29) is 6.10 Å². The fourth-order valence-electron chi connectivity index (χ4n) is 4.03. The molecule has 2 aliphatic rings. The van der Waals surface area contributed by atoms with E-state index in [2.05, 4.69) is 47.7 Å². The van der Waals surface area contributed by atoms with Crippen molar-refractivity contribution in [2.75, 3.05) is 19.7 Å². The lowest BCUT2D eigenvalue weighted by Gasteiger charge is -2.29. The third-order valence-electron chi connectivity index (χ3n) is 6.00. The van der Waals surface area contributed by atoms with Gasteiger partial charge in [0.05, 0.1) is 12.7 Å². The van der Waals surface area contributed by atoms with Crippen molar-refractivity contribution in [3.05, 3.63) is 30.0 Å². The molecule has 27 heavy (non-hydrogen) atoms. The fourth-order valence-corrected chi connectivity index (χ4v) is 4.03. The van der Waals surface area contributed by atoms with E-state index in [4.69, 9.17) is 4.74 Å². The van der Waals surface area contributed by atoms with Gasteiger partial charge in [0.15, 0.2) is 0 Å². The number of hydrogen-bond donors (Lipinski definition) is 1. The fraction of sp³-hybridized carbons (Fsp3) is 0.652. The highest BCUT2D eigenvalue weighted by atomic mass is 16.5. The molecule has 1 aliphatic carbocycles. The van der Waals surface area contributed by atoms with Gasteiger partial charge in [-0.15, -0.1) is 0 Å². The average molecular weight is 371 g/mol. The van der Waals surface area contributed by atoms with E-state index in [0.29, 0.717) is 5.92 Å². The minimum Gasteiger partial charge on any atom is -0.494 e. The van der Waals surface area contributed by atoms with Crippen LogP contribution in [0.25, 0.3) is 10.9 Å². The number of hydrogen-bond acceptors (Lipinski definition) is 3. The third-order valence-corrected chi connectivity index (χ3v) is 6.00. The second kappa shape index (κ2) is 8.24. The molecular weight excluding hydrogens is 336 g/mol. The highest BCUT2D eigenvalue weighted by Crippen LogP contribution is 2.34. The summed E-state index contributed by atoms with van der Waals surface area (Å²) in [5.74, 6) is 2.52. The number of likely N-dealkylation sites (tertiary alicyclic amines) is 1. The molecule has 4 rings (SSSR count). The van der Waals surface area contributed by atoms with Gasteiger partial charge in [-0.25, -0.2) is 0 Å². The van der Waals surface area contributed by atoms with Gasteiger partial charge in [-0.1, -0.05) is 13.8 Å². The van der Waals surface area contributed by atoms with Crippen LogP contribution in [0.1, 0.15) is 51.5 Å². The Morgan fingerprint density at radius 2 is 1.93 bits per heavy atom. The monoisotopic (exact) mass is 370 g/mol. The van der Waals surface area contributed by atoms with Crippen molar-refractivity contribution in [1.29, 1.82) is 0 Å². The number of piperidine rings is 1. The summed E-state index contributed by atoms with van der Waals surface area (Å²) in [5, 5.41) is 11.1. The molecule has 4 heteroatoms. The first-order valence-electron chi connectivity index (χ1n) is 10.7. The topological polar surface area (TPSA) is 37.6 Å². The molecule has 2 aromatic rings. The molecule has 1 saturated carbocycles. The van der Waals surface area contributed by atoms with Gasteiger partial charge in [0.2, 0.25) is 0 Å². The number of rotatable bonds is 8. The largest absolute Gasteiger partial charge is 0.494 e. The maximum Gasteiger partial charge on any atom is 0.120 e. The molecule has 0 atom stereocenters. The Labute approximate surface area is 163 Å². The van der Waals surface area contributed by atoms with Crippen molar-refractivity contribution < 1.29 is 9.84 Å². The molecular formula is C23H34N2O2. The van der Waals surface area contributed by atoms with E-state index in [1.165, 1.54) is 29.3 Å². The zero-order valence-electron chi connectivity index (χ0n) is 16.9. The highest BCUT2D eigenvalue weighted by molar-refractivity contribution is 5.85. The van der Waals surface area contributed by atoms with Gasteiger partial charge in [0, 0.05) is 43.3 Å². The molecule has 148 valence electrons. The van der Waals surface area contributed by atoms with Crippen LogP contribution >= 0.6 is 0 Å². The Bertz CT molecular complexity index is 755. The number of nitrogens with zero attached hydrogens (tertiary/aromatic N) is 2. The van der Waals surface area contributed by atoms with Crippen LogP contribution in [0.4, 0.5) is 0 Å². The zero-order valence-corrected chi connectivity index (χ0v) is 16.9. The number of aromatic nitrogens is 1. The van der Waals surface area contributed by atoms with E-state index < -0.39 is 0 Å². The van der Waals surface area contributed by atoms with Crippen LogP contribution < -0.4 is 4.74 Å². The second-order valence-electron chi connectivity index (χ2n) is 8.97. The molecule has 2 fully saturated rings. The van der Waals surface area contributed by atoms with Crippen LogP contribution in [0.3, 0.4) is 0 Å². The highest BCUT2D eigenvalue weighted by Gasteiger charge is 2.24. The number of ether oxygens (including phenoxy) is 1. The molecule has 1 saturated heterocycles.